The number of rotatable bonds is 5. The van der Waals surface area contributed by atoms with Crippen molar-refractivity contribution in [2.45, 2.75) is 49.0 Å². The first-order valence-electron chi connectivity index (χ1n) is 10.7. The molecule has 3 heterocycles. The Morgan fingerprint density at radius 3 is 2.66 bits per heavy atom. The van der Waals surface area contributed by atoms with Crippen molar-refractivity contribution in [3.05, 3.63) is 48.4 Å². The van der Waals surface area contributed by atoms with Crippen LogP contribution in [0.25, 0.3) is 11.0 Å². The van der Waals surface area contributed by atoms with Gasteiger partial charge in [-0.1, -0.05) is 25.1 Å². The molecular weight excluding hydrogens is 430 g/mol. The van der Waals surface area contributed by atoms with E-state index in [1.165, 1.54) is 15.2 Å². The van der Waals surface area contributed by atoms with Crippen molar-refractivity contribution in [2.24, 2.45) is 0 Å². The highest BCUT2D eigenvalue weighted by Crippen LogP contribution is 2.51. The molecular formula is C22H25N5O4S. The first-order chi connectivity index (χ1) is 15.3. The van der Waals surface area contributed by atoms with Gasteiger partial charge in [-0.2, -0.15) is 0 Å². The lowest BCUT2D eigenvalue weighted by atomic mass is 9.98. The van der Waals surface area contributed by atoms with E-state index in [1.807, 2.05) is 0 Å². The van der Waals surface area contributed by atoms with Gasteiger partial charge in [-0.15, -0.1) is 0 Å². The van der Waals surface area contributed by atoms with E-state index in [4.69, 9.17) is 0 Å². The minimum absolute atomic E-state index is 0.105. The second-order valence-corrected chi connectivity index (χ2v) is 10.7. The van der Waals surface area contributed by atoms with Crippen molar-refractivity contribution in [2.75, 3.05) is 18.4 Å². The van der Waals surface area contributed by atoms with Gasteiger partial charge in [0.2, 0.25) is 0 Å². The van der Waals surface area contributed by atoms with Crippen LogP contribution in [0, 0.1) is 0 Å². The largest absolute Gasteiger partial charge is 0.465 e. The smallest absolute Gasteiger partial charge is 0.407 e. The molecule has 3 aromatic rings. The number of nitrogens with one attached hydrogen (secondary N) is 1. The lowest BCUT2D eigenvalue weighted by Gasteiger charge is -2.31. The van der Waals surface area contributed by atoms with Crippen LogP contribution in [0.1, 0.15) is 38.2 Å². The highest BCUT2D eigenvalue weighted by atomic mass is 32.2. The number of carboxylic acid groups (broad SMARTS) is 1. The maximum absolute atomic E-state index is 13.4. The summed E-state index contributed by atoms with van der Waals surface area (Å²) in [5.74, 6) is 0.553. The van der Waals surface area contributed by atoms with Crippen LogP contribution < -0.4 is 5.32 Å². The lowest BCUT2D eigenvalue weighted by Crippen LogP contribution is -2.44. The SMILES string of the molecule is CC1(c2cn(S(=O)(=O)c3ccccc3)c3ncnc(N[C@@H]4CCCN(C(=O)O)C4)c23)CC1. The van der Waals surface area contributed by atoms with Gasteiger partial charge in [0.05, 0.1) is 10.3 Å². The average molecular weight is 456 g/mol. The molecule has 0 unspecified atom stereocenters. The van der Waals surface area contributed by atoms with Gasteiger partial charge in [-0.3, -0.25) is 0 Å². The highest BCUT2D eigenvalue weighted by Gasteiger charge is 2.43. The van der Waals surface area contributed by atoms with E-state index in [0.29, 0.717) is 29.9 Å². The standard InChI is InChI=1S/C22H25N5O4S/c1-22(9-10-22)17-13-27(32(30,31)16-7-3-2-4-8-16)20-18(17)19(23-14-24-20)25-15-6-5-11-26(12-15)21(28)29/h2-4,7-8,13-15H,5-6,9-12H2,1H3,(H,28,29)(H,23,24,25)/t15-/m1/s1. The predicted molar refractivity (Wildman–Crippen MR) is 119 cm³/mol. The number of likely N-dealkylation sites (tertiary alicyclic amines) is 1. The first-order valence-corrected chi connectivity index (χ1v) is 12.2. The van der Waals surface area contributed by atoms with Gasteiger partial charge in [0.25, 0.3) is 10.0 Å². The molecule has 1 aliphatic carbocycles. The predicted octanol–water partition coefficient (Wildman–Crippen LogP) is 3.27. The molecule has 0 bridgehead atoms. The number of nitrogens with zero attached hydrogens (tertiary/aromatic N) is 4. The third-order valence-electron chi connectivity index (χ3n) is 6.53. The van der Waals surface area contributed by atoms with Crippen molar-refractivity contribution in [1.29, 1.82) is 0 Å². The Hall–Kier alpha value is -3.14. The Balaban J connectivity index is 1.61. The number of amides is 1. The molecule has 5 rings (SSSR count). The molecule has 1 atom stereocenters. The quantitative estimate of drug-likeness (QED) is 0.606. The number of carbonyl (C=O) groups is 1. The van der Waals surface area contributed by atoms with Crippen LogP contribution in [0.3, 0.4) is 0 Å². The van der Waals surface area contributed by atoms with E-state index in [-0.39, 0.29) is 16.4 Å². The Morgan fingerprint density at radius 1 is 1.22 bits per heavy atom. The van der Waals surface area contributed by atoms with Crippen LogP contribution in [0.15, 0.2) is 47.8 Å². The summed E-state index contributed by atoms with van der Waals surface area (Å²) in [5, 5.41) is 13.4. The number of benzene rings is 1. The van der Waals surface area contributed by atoms with Crippen molar-refractivity contribution < 1.29 is 18.3 Å². The van der Waals surface area contributed by atoms with Gasteiger partial charge in [-0.05, 0) is 48.8 Å². The Labute approximate surface area is 186 Å². The summed E-state index contributed by atoms with van der Waals surface area (Å²) in [7, 11) is -3.83. The summed E-state index contributed by atoms with van der Waals surface area (Å²) in [5.41, 5.74) is 1.11. The molecule has 0 spiro atoms. The number of piperidine rings is 1. The van der Waals surface area contributed by atoms with Crippen molar-refractivity contribution in [3.63, 3.8) is 0 Å². The Bertz CT molecular complexity index is 1280. The summed E-state index contributed by atoms with van der Waals surface area (Å²) in [6.45, 7) is 2.99. The third kappa shape index (κ3) is 3.48. The molecule has 1 saturated carbocycles. The molecule has 0 radical (unpaired) electrons. The molecule has 1 saturated heterocycles. The highest BCUT2D eigenvalue weighted by molar-refractivity contribution is 7.90. The normalized spacial score (nSPS) is 20.3. The maximum atomic E-state index is 13.4. The van der Waals surface area contributed by atoms with Gasteiger partial charge in [0.15, 0.2) is 5.65 Å². The van der Waals surface area contributed by atoms with E-state index in [2.05, 4.69) is 22.2 Å². The van der Waals surface area contributed by atoms with Crippen molar-refractivity contribution in [1.82, 2.24) is 18.8 Å². The summed E-state index contributed by atoms with van der Waals surface area (Å²) in [4.78, 5) is 21.8. The fourth-order valence-corrected chi connectivity index (χ4v) is 5.75. The second kappa shape index (κ2) is 7.47. The molecule has 9 nitrogen and oxygen atoms in total. The minimum Gasteiger partial charge on any atom is -0.465 e. The number of hydrogen-bond donors (Lipinski definition) is 2. The Morgan fingerprint density at radius 2 is 1.97 bits per heavy atom. The third-order valence-corrected chi connectivity index (χ3v) is 8.20. The number of hydrogen-bond acceptors (Lipinski definition) is 6. The van der Waals surface area contributed by atoms with Gasteiger partial charge in [0.1, 0.15) is 12.1 Å². The van der Waals surface area contributed by atoms with E-state index < -0.39 is 16.1 Å². The van der Waals surface area contributed by atoms with Crippen LogP contribution in [0.5, 0.6) is 0 Å². The van der Waals surface area contributed by atoms with Crippen LogP contribution in [-0.2, 0) is 15.4 Å². The zero-order valence-corrected chi connectivity index (χ0v) is 18.5. The zero-order valence-electron chi connectivity index (χ0n) is 17.7. The summed E-state index contributed by atoms with van der Waals surface area (Å²) < 4.78 is 28.1. The number of fused-ring (bicyclic) bond motifs is 1. The summed E-state index contributed by atoms with van der Waals surface area (Å²) >= 11 is 0. The molecule has 1 aliphatic heterocycles. The fraction of sp³-hybridized carbons (Fsp3) is 0.409. The molecule has 32 heavy (non-hydrogen) atoms. The molecule has 10 heteroatoms. The average Bonchev–Trinajstić information content (AvgIpc) is 3.40. The fourth-order valence-electron chi connectivity index (χ4n) is 4.41. The first kappa shape index (κ1) is 20.7. The number of anilines is 1. The molecule has 2 N–H and O–H groups in total. The minimum atomic E-state index is -3.83. The second-order valence-electron chi connectivity index (χ2n) is 8.85. The maximum Gasteiger partial charge on any atom is 0.407 e. The van der Waals surface area contributed by atoms with Crippen LogP contribution in [0.2, 0.25) is 0 Å². The van der Waals surface area contributed by atoms with Crippen molar-refractivity contribution >= 4 is 33.0 Å². The molecule has 2 aromatic heterocycles. The van der Waals surface area contributed by atoms with Crippen molar-refractivity contribution in [3.8, 4) is 0 Å². The van der Waals surface area contributed by atoms with Gasteiger partial charge >= 0.3 is 6.09 Å². The Kier molecular flexibility index (Phi) is 4.85. The number of aromatic nitrogens is 3. The monoisotopic (exact) mass is 455 g/mol. The van der Waals surface area contributed by atoms with E-state index in [9.17, 15) is 18.3 Å². The zero-order chi connectivity index (χ0) is 22.5. The van der Waals surface area contributed by atoms with Crippen LogP contribution >= 0.6 is 0 Å². The van der Waals surface area contributed by atoms with E-state index >= 15 is 0 Å². The molecule has 168 valence electrons. The lowest BCUT2D eigenvalue weighted by molar-refractivity contribution is 0.133. The van der Waals surface area contributed by atoms with Gasteiger partial charge in [-0.25, -0.2) is 27.2 Å². The van der Waals surface area contributed by atoms with Crippen LogP contribution in [0.4, 0.5) is 10.6 Å². The molecule has 1 amide bonds. The van der Waals surface area contributed by atoms with E-state index in [1.54, 1.807) is 36.5 Å². The van der Waals surface area contributed by atoms with E-state index in [0.717, 1.165) is 31.2 Å². The van der Waals surface area contributed by atoms with Gasteiger partial charge in [0, 0.05) is 25.3 Å². The van der Waals surface area contributed by atoms with Crippen LogP contribution in [-0.4, -0.2) is 57.6 Å². The molecule has 1 aromatic carbocycles. The molecule has 2 aliphatic rings. The summed E-state index contributed by atoms with van der Waals surface area (Å²) in [6, 6.07) is 8.21. The topological polar surface area (TPSA) is 117 Å². The molecule has 2 fully saturated rings. The summed E-state index contributed by atoms with van der Waals surface area (Å²) in [6.07, 6.45) is 5.60. The van der Waals surface area contributed by atoms with Gasteiger partial charge < -0.3 is 15.3 Å².